The molecule has 0 aromatic rings. The summed E-state index contributed by atoms with van der Waals surface area (Å²) < 4.78 is 24.2. The minimum absolute atomic E-state index is 0.102. The molecule has 2 aliphatic rings. The lowest BCUT2D eigenvalue weighted by atomic mass is 9.89. The summed E-state index contributed by atoms with van der Waals surface area (Å²) >= 11 is 0. The van der Waals surface area contributed by atoms with Crippen molar-refractivity contribution in [2.24, 2.45) is 5.92 Å². The van der Waals surface area contributed by atoms with Gasteiger partial charge in [-0.05, 0) is 31.6 Å². The zero-order valence-corrected chi connectivity index (χ0v) is 7.10. The fourth-order valence-electron chi connectivity index (χ4n) is 2.58. The fourth-order valence-corrected chi connectivity index (χ4v) is 2.58. The molecular weight excluding hydrogens is 160 g/mol. The first-order valence-corrected chi connectivity index (χ1v) is 4.80. The van der Waals surface area contributed by atoms with E-state index >= 15 is 0 Å². The van der Waals surface area contributed by atoms with Crippen LogP contribution in [0.5, 0.6) is 0 Å². The van der Waals surface area contributed by atoms with Crippen molar-refractivity contribution in [3.63, 3.8) is 0 Å². The Morgan fingerprint density at radius 3 is 2.67 bits per heavy atom. The second-order valence-corrected chi connectivity index (χ2v) is 4.01. The molecule has 2 saturated heterocycles. The standard InChI is InChI=1S/C9H15F2N/c10-9(11)5-6-1-2-7-3-4-8(6)12-7/h6-9,12H,1-5H2. The van der Waals surface area contributed by atoms with Crippen molar-refractivity contribution in [1.29, 1.82) is 0 Å². The smallest absolute Gasteiger partial charge is 0.239 e. The third kappa shape index (κ3) is 1.60. The van der Waals surface area contributed by atoms with E-state index in [1.165, 1.54) is 6.42 Å². The highest BCUT2D eigenvalue weighted by Gasteiger charge is 2.35. The Hall–Kier alpha value is -0.180. The highest BCUT2D eigenvalue weighted by atomic mass is 19.3. The lowest BCUT2D eigenvalue weighted by molar-refractivity contribution is 0.0954. The van der Waals surface area contributed by atoms with Crippen molar-refractivity contribution in [2.45, 2.75) is 50.6 Å². The quantitative estimate of drug-likeness (QED) is 0.678. The third-order valence-electron chi connectivity index (χ3n) is 3.21. The largest absolute Gasteiger partial charge is 0.311 e. The van der Waals surface area contributed by atoms with Gasteiger partial charge in [-0.15, -0.1) is 0 Å². The number of hydrogen-bond donors (Lipinski definition) is 1. The lowest BCUT2D eigenvalue weighted by Gasteiger charge is -2.29. The van der Waals surface area contributed by atoms with Gasteiger partial charge in [-0.1, -0.05) is 0 Å². The highest BCUT2D eigenvalue weighted by molar-refractivity contribution is 4.93. The average molecular weight is 175 g/mol. The third-order valence-corrected chi connectivity index (χ3v) is 3.21. The van der Waals surface area contributed by atoms with Gasteiger partial charge in [0.05, 0.1) is 0 Å². The van der Waals surface area contributed by atoms with Crippen LogP contribution >= 0.6 is 0 Å². The molecule has 0 aliphatic carbocycles. The van der Waals surface area contributed by atoms with Crippen LogP contribution in [0.2, 0.25) is 0 Å². The predicted molar refractivity (Wildman–Crippen MR) is 43.3 cm³/mol. The molecule has 2 bridgehead atoms. The monoisotopic (exact) mass is 175 g/mol. The van der Waals surface area contributed by atoms with Crippen LogP contribution < -0.4 is 5.32 Å². The SMILES string of the molecule is FC(F)CC1CCC2CCC1N2. The zero-order chi connectivity index (χ0) is 8.55. The number of halogens is 2. The number of alkyl halides is 2. The van der Waals surface area contributed by atoms with Gasteiger partial charge in [-0.3, -0.25) is 0 Å². The summed E-state index contributed by atoms with van der Waals surface area (Å²) in [5, 5.41) is 3.41. The van der Waals surface area contributed by atoms with Gasteiger partial charge in [0.25, 0.3) is 0 Å². The van der Waals surface area contributed by atoms with Gasteiger partial charge in [0.1, 0.15) is 0 Å². The summed E-state index contributed by atoms with van der Waals surface area (Å²) in [5.41, 5.74) is 0. The Kier molecular flexibility index (Phi) is 2.31. The number of nitrogens with one attached hydrogen (secondary N) is 1. The van der Waals surface area contributed by atoms with Crippen molar-refractivity contribution in [2.75, 3.05) is 0 Å². The molecule has 1 nitrogen and oxygen atoms in total. The van der Waals surface area contributed by atoms with Crippen molar-refractivity contribution in [1.82, 2.24) is 5.32 Å². The minimum atomic E-state index is -2.12. The zero-order valence-electron chi connectivity index (χ0n) is 7.10. The maximum Gasteiger partial charge on any atom is 0.239 e. The molecule has 0 radical (unpaired) electrons. The van der Waals surface area contributed by atoms with Crippen molar-refractivity contribution >= 4 is 0 Å². The summed E-state index contributed by atoms with van der Waals surface area (Å²) in [6.07, 6.45) is 2.41. The van der Waals surface area contributed by atoms with Crippen LogP contribution in [0, 0.1) is 5.92 Å². The van der Waals surface area contributed by atoms with Crippen molar-refractivity contribution < 1.29 is 8.78 Å². The maximum absolute atomic E-state index is 12.1. The van der Waals surface area contributed by atoms with Crippen LogP contribution in [0.1, 0.15) is 32.1 Å². The topological polar surface area (TPSA) is 12.0 Å². The summed E-state index contributed by atoms with van der Waals surface area (Å²) in [6, 6.07) is 1.04. The summed E-state index contributed by atoms with van der Waals surface area (Å²) in [6.45, 7) is 0. The normalized spacial score (nSPS) is 40.8. The molecule has 0 aromatic heterocycles. The Morgan fingerprint density at radius 2 is 1.92 bits per heavy atom. The van der Waals surface area contributed by atoms with Crippen LogP contribution in [-0.2, 0) is 0 Å². The van der Waals surface area contributed by atoms with E-state index in [-0.39, 0.29) is 12.3 Å². The van der Waals surface area contributed by atoms with Crippen LogP contribution in [-0.4, -0.2) is 18.5 Å². The average Bonchev–Trinajstić information content (AvgIpc) is 2.39. The molecule has 3 unspecified atom stereocenters. The Balaban J connectivity index is 1.89. The molecule has 2 heterocycles. The van der Waals surface area contributed by atoms with Crippen LogP contribution in [0.4, 0.5) is 8.78 Å². The number of rotatable bonds is 2. The molecule has 2 rings (SSSR count). The molecule has 12 heavy (non-hydrogen) atoms. The molecule has 0 saturated carbocycles. The second-order valence-electron chi connectivity index (χ2n) is 4.01. The molecule has 3 heteroatoms. The first-order valence-electron chi connectivity index (χ1n) is 4.80. The van der Waals surface area contributed by atoms with E-state index < -0.39 is 6.43 Å². The van der Waals surface area contributed by atoms with E-state index in [2.05, 4.69) is 5.32 Å². The Labute approximate surface area is 71.5 Å². The molecule has 3 atom stereocenters. The summed E-state index contributed by atoms with van der Waals surface area (Å²) in [7, 11) is 0. The molecule has 0 amide bonds. The first kappa shape index (κ1) is 8.42. The molecule has 2 fully saturated rings. The molecule has 0 aromatic carbocycles. The van der Waals surface area contributed by atoms with E-state index in [0.29, 0.717) is 12.1 Å². The fraction of sp³-hybridized carbons (Fsp3) is 1.00. The highest BCUT2D eigenvalue weighted by Crippen LogP contribution is 2.34. The molecule has 70 valence electrons. The summed E-state index contributed by atoms with van der Waals surface area (Å²) in [5.74, 6) is 0.240. The Morgan fingerprint density at radius 1 is 1.17 bits per heavy atom. The Bertz CT molecular complexity index is 161. The predicted octanol–water partition coefficient (Wildman–Crippen LogP) is 2.17. The van der Waals surface area contributed by atoms with Gasteiger partial charge in [-0.25, -0.2) is 8.78 Å². The van der Waals surface area contributed by atoms with Gasteiger partial charge in [-0.2, -0.15) is 0 Å². The van der Waals surface area contributed by atoms with Crippen molar-refractivity contribution in [3.8, 4) is 0 Å². The van der Waals surface area contributed by atoms with Crippen LogP contribution in [0.3, 0.4) is 0 Å². The maximum atomic E-state index is 12.1. The lowest BCUT2D eigenvalue weighted by Crippen LogP contribution is -2.40. The first-order chi connectivity index (χ1) is 5.75. The van der Waals surface area contributed by atoms with E-state index in [1.807, 2.05) is 0 Å². The molecule has 1 N–H and O–H groups in total. The van der Waals surface area contributed by atoms with Gasteiger partial charge in [0.2, 0.25) is 6.43 Å². The van der Waals surface area contributed by atoms with E-state index in [4.69, 9.17) is 0 Å². The van der Waals surface area contributed by atoms with Gasteiger partial charge in [0.15, 0.2) is 0 Å². The van der Waals surface area contributed by atoms with E-state index in [9.17, 15) is 8.78 Å². The number of fused-ring (bicyclic) bond motifs is 2. The summed E-state index contributed by atoms with van der Waals surface area (Å²) in [4.78, 5) is 0. The van der Waals surface area contributed by atoms with E-state index in [0.717, 1.165) is 19.3 Å². The molecular formula is C9H15F2N. The van der Waals surface area contributed by atoms with Gasteiger partial charge < -0.3 is 5.32 Å². The number of hydrogen-bond acceptors (Lipinski definition) is 1. The second kappa shape index (κ2) is 3.29. The minimum Gasteiger partial charge on any atom is -0.311 e. The van der Waals surface area contributed by atoms with Gasteiger partial charge >= 0.3 is 0 Å². The van der Waals surface area contributed by atoms with Crippen molar-refractivity contribution in [3.05, 3.63) is 0 Å². The van der Waals surface area contributed by atoms with Crippen LogP contribution in [0.25, 0.3) is 0 Å². The van der Waals surface area contributed by atoms with Crippen LogP contribution in [0.15, 0.2) is 0 Å². The number of piperidine rings is 1. The van der Waals surface area contributed by atoms with Gasteiger partial charge in [0, 0.05) is 18.5 Å². The molecule has 0 spiro atoms. The van der Waals surface area contributed by atoms with E-state index in [1.54, 1.807) is 0 Å². The molecule has 2 aliphatic heterocycles.